The molecule has 11 heteroatoms. The maximum Gasteiger partial charge on any atom is 0.271 e. The number of nitrogens with one attached hydrogen (secondary N) is 1. The summed E-state index contributed by atoms with van der Waals surface area (Å²) in [4.78, 5) is 28.3. The van der Waals surface area contributed by atoms with Crippen LogP contribution in [0.5, 0.6) is 11.5 Å². The van der Waals surface area contributed by atoms with Crippen LogP contribution in [0, 0.1) is 17.0 Å². The van der Waals surface area contributed by atoms with Crippen LogP contribution in [0.4, 0.5) is 11.4 Å². The van der Waals surface area contributed by atoms with E-state index < -0.39 is 10.2 Å². The van der Waals surface area contributed by atoms with E-state index in [0.717, 1.165) is 22.9 Å². The van der Waals surface area contributed by atoms with Gasteiger partial charge in [0, 0.05) is 23.3 Å². The molecule has 1 amide bonds. The van der Waals surface area contributed by atoms with Crippen molar-refractivity contribution in [2.45, 2.75) is 24.3 Å². The monoisotopic (exact) mass is 531 g/mol. The van der Waals surface area contributed by atoms with Crippen molar-refractivity contribution in [3.05, 3.63) is 82.4 Å². The summed E-state index contributed by atoms with van der Waals surface area (Å²) >= 11 is 1.14. The summed E-state index contributed by atoms with van der Waals surface area (Å²) < 4.78 is 10.5. The van der Waals surface area contributed by atoms with Crippen LogP contribution in [0.2, 0.25) is 0 Å². The zero-order chi connectivity index (χ0) is 27.2. The summed E-state index contributed by atoms with van der Waals surface area (Å²) in [6.07, 6.45) is 0. The van der Waals surface area contributed by atoms with Gasteiger partial charge < -0.3 is 14.8 Å². The van der Waals surface area contributed by atoms with Crippen molar-refractivity contribution in [3.8, 4) is 34.0 Å². The molecule has 1 heterocycles. The molecule has 10 nitrogen and oxygen atoms in total. The fraction of sp³-hybridized carbons (Fsp3) is 0.185. The molecule has 0 saturated heterocycles. The molecular formula is C27H25N5O5S. The predicted octanol–water partition coefficient (Wildman–Crippen LogP) is 5.56. The molecule has 1 N–H and O–H groups in total. The number of nitro groups is 1. The lowest BCUT2D eigenvalue weighted by Crippen LogP contribution is -2.23. The number of ether oxygens (including phenoxy) is 2. The van der Waals surface area contributed by atoms with Gasteiger partial charge in [0.25, 0.3) is 5.69 Å². The van der Waals surface area contributed by atoms with Crippen molar-refractivity contribution in [1.82, 2.24) is 15.2 Å². The van der Waals surface area contributed by atoms with Gasteiger partial charge in [-0.1, -0.05) is 17.8 Å². The molecule has 1 atom stereocenters. The first-order chi connectivity index (χ1) is 18.3. The summed E-state index contributed by atoms with van der Waals surface area (Å²) in [5.74, 6) is 1.08. The molecule has 1 aromatic heterocycles. The Bertz CT molecular complexity index is 1460. The number of nitro benzene ring substituents is 1. The van der Waals surface area contributed by atoms with E-state index in [-0.39, 0.29) is 11.6 Å². The van der Waals surface area contributed by atoms with Crippen LogP contribution < -0.4 is 14.8 Å². The lowest BCUT2D eigenvalue weighted by Gasteiger charge is -2.14. The molecule has 0 aliphatic rings. The smallest absolute Gasteiger partial charge is 0.271 e. The quantitative estimate of drug-likeness (QED) is 0.168. The van der Waals surface area contributed by atoms with E-state index in [1.807, 2.05) is 48.5 Å². The normalized spacial score (nSPS) is 11.5. The van der Waals surface area contributed by atoms with Crippen LogP contribution in [0.15, 0.2) is 71.9 Å². The van der Waals surface area contributed by atoms with E-state index in [2.05, 4.69) is 15.5 Å². The van der Waals surface area contributed by atoms with Gasteiger partial charge in [-0.2, -0.15) is 0 Å². The summed E-state index contributed by atoms with van der Waals surface area (Å²) in [6.45, 7) is 3.48. The Labute approximate surface area is 223 Å². The standard InChI is InChI=1S/C27H25N5O5S/c1-16-5-10-20(32(34)35)15-23(16)28-26(33)17(2)38-27-29-24(18-6-11-21(36-3)12-7-18)25(30-31-27)19-8-13-22(37-4)14-9-19/h5-15,17H,1-4H3,(H,28,33). The van der Waals surface area contributed by atoms with E-state index in [1.165, 1.54) is 12.1 Å². The number of anilines is 1. The summed E-state index contributed by atoms with van der Waals surface area (Å²) in [5, 5.41) is 22.3. The van der Waals surface area contributed by atoms with Gasteiger partial charge in [-0.3, -0.25) is 14.9 Å². The van der Waals surface area contributed by atoms with Gasteiger partial charge >= 0.3 is 0 Å². The van der Waals surface area contributed by atoms with Crippen LogP contribution in [-0.2, 0) is 4.79 Å². The average molecular weight is 532 g/mol. The first-order valence-electron chi connectivity index (χ1n) is 11.5. The zero-order valence-corrected chi connectivity index (χ0v) is 22.0. The number of aryl methyl sites for hydroxylation is 1. The number of nitrogens with zero attached hydrogens (tertiary/aromatic N) is 4. The fourth-order valence-electron chi connectivity index (χ4n) is 3.56. The van der Waals surface area contributed by atoms with Gasteiger partial charge in [0.05, 0.1) is 30.1 Å². The van der Waals surface area contributed by atoms with Crippen LogP contribution in [0.25, 0.3) is 22.5 Å². The van der Waals surface area contributed by atoms with Crippen molar-refractivity contribution < 1.29 is 19.2 Å². The highest BCUT2D eigenvalue weighted by atomic mass is 32.2. The molecule has 0 aliphatic heterocycles. The van der Waals surface area contributed by atoms with E-state index in [9.17, 15) is 14.9 Å². The Hall–Kier alpha value is -4.51. The topological polar surface area (TPSA) is 129 Å². The van der Waals surface area contributed by atoms with Gasteiger partial charge in [-0.15, -0.1) is 10.2 Å². The van der Waals surface area contributed by atoms with Crippen LogP contribution in [-0.4, -0.2) is 45.5 Å². The molecule has 0 radical (unpaired) electrons. The molecule has 194 valence electrons. The first-order valence-corrected chi connectivity index (χ1v) is 12.4. The number of aromatic nitrogens is 3. The first kappa shape index (κ1) is 26.6. The van der Waals surface area contributed by atoms with E-state index >= 15 is 0 Å². The Balaban J connectivity index is 1.62. The SMILES string of the molecule is COc1ccc(-c2nnc(SC(C)C(=O)Nc3cc([N+](=O)[O-])ccc3C)nc2-c2ccc(OC)cc2)cc1. The molecule has 0 aliphatic carbocycles. The highest BCUT2D eigenvalue weighted by Gasteiger charge is 2.21. The molecule has 0 spiro atoms. The lowest BCUT2D eigenvalue weighted by molar-refractivity contribution is -0.384. The maximum atomic E-state index is 12.9. The third-order valence-electron chi connectivity index (χ3n) is 5.74. The number of carbonyl (C=O) groups is 1. The second-order valence-electron chi connectivity index (χ2n) is 8.25. The van der Waals surface area contributed by atoms with Gasteiger partial charge in [-0.25, -0.2) is 4.98 Å². The number of carbonyl (C=O) groups excluding carboxylic acids is 1. The minimum atomic E-state index is -0.606. The molecule has 4 aromatic rings. The maximum absolute atomic E-state index is 12.9. The van der Waals surface area contributed by atoms with Crippen molar-refractivity contribution in [1.29, 1.82) is 0 Å². The number of thioether (sulfide) groups is 1. The molecule has 38 heavy (non-hydrogen) atoms. The number of benzene rings is 3. The number of rotatable bonds is 9. The highest BCUT2D eigenvalue weighted by Crippen LogP contribution is 2.33. The minimum absolute atomic E-state index is 0.100. The molecule has 0 fully saturated rings. The van der Waals surface area contributed by atoms with E-state index in [1.54, 1.807) is 34.1 Å². The van der Waals surface area contributed by atoms with Crippen LogP contribution >= 0.6 is 11.8 Å². The van der Waals surface area contributed by atoms with Crippen molar-refractivity contribution in [2.75, 3.05) is 19.5 Å². The summed E-state index contributed by atoms with van der Waals surface area (Å²) in [5.41, 5.74) is 3.77. The van der Waals surface area contributed by atoms with Gasteiger partial charge in [0.15, 0.2) is 0 Å². The second-order valence-corrected chi connectivity index (χ2v) is 9.56. The Morgan fingerprint density at radius 2 is 1.50 bits per heavy atom. The Morgan fingerprint density at radius 1 is 0.921 bits per heavy atom. The minimum Gasteiger partial charge on any atom is -0.497 e. The van der Waals surface area contributed by atoms with Crippen molar-refractivity contribution in [3.63, 3.8) is 0 Å². The van der Waals surface area contributed by atoms with E-state index in [4.69, 9.17) is 14.5 Å². The Morgan fingerprint density at radius 3 is 2.05 bits per heavy atom. The molecule has 3 aromatic carbocycles. The van der Waals surface area contributed by atoms with Crippen LogP contribution in [0.1, 0.15) is 12.5 Å². The molecule has 0 bridgehead atoms. The Kier molecular flexibility index (Phi) is 8.17. The number of hydrogen-bond donors (Lipinski definition) is 1. The number of hydrogen-bond acceptors (Lipinski definition) is 9. The zero-order valence-electron chi connectivity index (χ0n) is 21.2. The molecule has 4 rings (SSSR count). The largest absolute Gasteiger partial charge is 0.497 e. The average Bonchev–Trinajstić information content (AvgIpc) is 2.94. The molecule has 1 unspecified atom stereocenters. The van der Waals surface area contributed by atoms with Crippen LogP contribution in [0.3, 0.4) is 0 Å². The summed E-state index contributed by atoms with van der Waals surface area (Å²) in [6, 6.07) is 19.2. The van der Waals surface area contributed by atoms with Gasteiger partial charge in [-0.05, 0) is 67.9 Å². The predicted molar refractivity (Wildman–Crippen MR) is 146 cm³/mol. The van der Waals surface area contributed by atoms with Crippen molar-refractivity contribution in [2.24, 2.45) is 0 Å². The second kappa shape index (κ2) is 11.7. The third kappa shape index (κ3) is 6.06. The fourth-order valence-corrected chi connectivity index (χ4v) is 4.27. The molecule has 0 saturated carbocycles. The van der Waals surface area contributed by atoms with Gasteiger partial charge in [0.1, 0.15) is 22.9 Å². The van der Waals surface area contributed by atoms with Crippen molar-refractivity contribution >= 4 is 29.0 Å². The molecular weight excluding hydrogens is 506 g/mol. The lowest BCUT2D eigenvalue weighted by atomic mass is 10.0. The van der Waals surface area contributed by atoms with E-state index in [0.29, 0.717) is 39.3 Å². The number of methoxy groups -OCH3 is 2. The van der Waals surface area contributed by atoms with Gasteiger partial charge in [0.2, 0.25) is 11.1 Å². The number of amides is 1. The highest BCUT2D eigenvalue weighted by molar-refractivity contribution is 8.00. The number of non-ortho nitro benzene ring substituents is 1. The summed E-state index contributed by atoms with van der Waals surface area (Å²) in [7, 11) is 3.20. The third-order valence-corrected chi connectivity index (χ3v) is 6.69.